The number of benzene rings is 1. The highest BCUT2D eigenvalue weighted by Crippen LogP contribution is 2.32. The van der Waals surface area contributed by atoms with Gasteiger partial charge >= 0.3 is 0 Å². The molecule has 0 spiro atoms. The van der Waals surface area contributed by atoms with Crippen molar-refractivity contribution < 1.29 is 14.3 Å². The first-order chi connectivity index (χ1) is 13.1. The van der Waals surface area contributed by atoms with E-state index >= 15 is 0 Å². The lowest BCUT2D eigenvalue weighted by Crippen LogP contribution is -2.51. The van der Waals surface area contributed by atoms with Crippen molar-refractivity contribution in [3.05, 3.63) is 41.7 Å². The number of hydrogen-bond acceptors (Lipinski definition) is 4. The smallest absolute Gasteiger partial charge is 0.239 e. The van der Waals surface area contributed by atoms with E-state index in [1.807, 2.05) is 42.5 Å². The first-order valence-corrected chi connectivity index (χ1v) is 10.0. The van der Waals surface area contributed by atoms with Gasteiger partial charge in [-0.05, 0) is 74.1 Å². The van der Waals surface area contributed by atoms with Crippen LogP contribution in [0.2, 0.25) is 0 Å². The molecular formula is C22H32N2O3. The lowest BCUT2D eigenvalue weighted by molar-refractivity contribution is -0.136. The molecule has 5 nitrogen and oxygen atoms in total. The first-order valence-electron chi connectivity index (χ1n) is 10.0. The van der Waals surface area contributed by atoms with E-state index < -0.39 is 0 Å². The van der Waals surface area contributed by atoms with Crippen LogP contribution in [0.15, 0.2) is 36.1 Å². The summed E-state index contributed by atoms with van der Waals surface area (Å²) in [5.74, 6) is 1.23. The minimum Gasteiger partial charge on any atom is -0.497 e. The Bertz CT molecular complexity index is 659. The highest BCUT2D eigenvalue weighted by Gasteiger charge is 2.33. The molecule has 3 rings (SSSR count). The fourth-order valence-electron chi connectivity index (χ4n) is 3.90. The van der Waals surface area contributed by atoms with Crippen molar-refractivity contribution in [2.45, 2.75) is 63.6 Å². The van der Waals surface area contributed by atoms with Crippen molar-refractivity contribution in [3.63, 3.8) is 0 Å². The Kier molecular flexibility index (Phi) is 6.78. The van der Waals surface area contributed by atoms with E-state index in [1.165, 1.54) is 12.0 Å². The Morgan fingerprint density at radius 3 is 2.67 bits per heavy atom. The number of rotatable bonds is 7. The van der Waals surface area contributed by atoms with Crippen LogP contribution in [0.1, 0.15) is 50.5 Å². The van der Waals surface area contributed by atoms with Gasteiger partial charge in [0.1, 0.15) is 12.4 Å². The predicted octanol–water partition coefficient (Wildman–Crippen LogP) is 3.62. The minimum atomic E-state index is -0.366. The topological polar surface area (TPSA) is 64.8 Å². The number of nitrogens with zero attached hydrogens (tertiary/aromatic N) is 1. The highest BCUT2D eigenvalue weighted by atomic mass is 16.5. The van der Waals surface area contributed by atoms with Crippen LogP contribution in [0.5, 0.6) is 5.75 Å². The van der Waals surface area contributed by atoms with Gasteiger partial charge in [0.05, 0.1) is 19.4 Å². The molecular weight excluding hydrogens is 340 g/mol. The Balaban J connectivity index is 1.43. The summed E-state index contributed by atoms with van der Waals surface area (Å²) in [6.07, 6.45) is 9.19. The second-order valence-corrected chi connectivity index (χ2v) is 7.84. The lowest BCUT2D eigenvalue weighted by atomic mass is 9.81. The largest absolute Gasteiger partial charge is 0.497 e. The number of allylic oxidation sites excluding steroid dienone is 1. The van der Waals surface area contributed by atoms with E-state index in [2.05, 4.69) is 0 Å². The highest BCUT2D eigenvalue weighted by molar-refractivity contribution is 5.82. The van der Waals surface area contributed by atoms with Gasteiger partial charge in [-0.25, -0.2) is 0 Å². The molecule has 0 radical (unpaired) electrons. The van der Waals surface area contributed by atoms with Crippen molar-refractivity contribution >= 4 is 5.91 Å². The zero-order chi connectivity index (χ0) is 19.2. The Morgan fingerprint density at radius 1 is 1.30 bits per heavy atom. The molecule has 0 aliphatic heterocycles. The van der Waals surface area contributed by atoms with Gasteiger partial charge in [0.25, 0.3) is 0 Å². The number of methoxy groups -OCH3 is 1. The van der Waals surface area contributed by atoms with Crippen molar-refractivity contribution in [1.82, 2.24) is 4.90 Å². The molecule has 2 fully saturated rings. The monoisotopic (exact) mass is 372 g/mol. The summed E-state index contributed by atoms with van der Waals surface area (Å²) >= 11 is 0. The number of amides is 1. The van der Waals surface area contributed by atoms with Crippen molar-refractivity contribution in [2.75, 3.05) is 14.2 Å². The number of nitrogens with two attached hydrogens (primary N) is 1. The maximum Gasteiger partial charge on any atom is 0.239 e. The quantitative estimate of drug-likeness (QED) is 0.743. The van der Waals surface area contributed by atoms with Crippen LogP contribution >= 0.6 is 0 Å². The van der Waals surface area contributed by atoms with Crippen LogP contribution in [-0.2, 0) is 16.1 Å². The Hall–Kier alpha value is -2.01. The molecule has 2 N–H and O–H groups in total. The zero-order valence-electron chi connectivity index (χ0n) is 16.5. The van der Waals surface area contributed by atoms with Crippen LogP contribution in [0, 0.1) is 5.92 Å². The number of carbonyl (C=O) groups excluding carboxylic acids is 1. The number of likely N-dealkylation sites (N-methyl/N-ethyl adjacent to an activating group) is 1. The molecule has 0 heterocycles. The normalized spacial score (nSPS) is 21.1. The van der Waals surface area contributed by atoms with Gasteiger partial charge < -0.3 is 20.1 Å². The van der Waals surface area contributed by atoms with Crippen LogP contribution in [0.25, 0.3) is 0 Å². The SMILES string of the molecule is COc1cccc(COC=C2CCC([C@H](N)C(=O)N(C)C3CCC3)CC2)c1. The molecule has 148 valence electrons. The van der Waals surface area contributed by atoms with Crippen LogP contribution in [0.4, 0.5) is 0 Å². The summed E-state index contributed by atoms with van der Waals surface area (Å²) < 4.78 is 11.0. The molecule has 2 aliphatic rings. The third-order valence-corrected chi connectivity index (χ3v) is 6.07. The lowest BCUT2D eigenvalue weighted by Gasteiger charge is -2.38. The molecule has 1 atom stereocenters. The standard InChI is InChI=1S/C22H32N2O3/c1-24(19-6-4-7-19)22(25)21(23)18-11-9-16(10-12-18)14-27-15-17-5-3-8-20(13-17)26-2/h3,5,8,13-14,18-19,21H,4,6-7,9-12,15,23H2,1-2H3/t18?,21-/m0/s1. The van der Waals surface area contributed by atoms with Crippen molar-refractivity contribution in [1.29, 1.82) is 0 Å². The summed E-state index contributed by atoms with van der Waals surface area (Å²) in [6, 6.07) is 7.95. The van der Waals surface area contributed by atoms with Gasteiger partial charge in [0.15, 0.2) is 0 Å². The summed E-state index contributed by atoms with van der Waals surface area (Å²) in [7, 11) is 3.58. The number of ether oxygens (including phenoxy) is 2. The Morgan fingerprint density at radius 2 is 2.04 bits per heavy atom. The molecule has 1 amide bonds. The van der Waals surface area contributed by atoms with Crippen LogP contribution in [0.3, 0.4) is 0 Å². The maximum absolute atomic E-state index is 12.6. The summed E-state index contributed by atoms with van der Waals surface area (Å²) in [5, 5.41) is 0. The van der Waals surface area contributed by atoms with Gasteiger partial charge in [-0.15, -0.1) is 0 Å². The van der Waals surface area contributed by atoms with Crippen LogP contribution in [-0.4, -0.2) is 37.0 Å². The number of hydrogen-bond donors (Lipinski definition) is 1. The van der Waals surface area contributed by atoms with Crippen molar-refractivity contribution in [2.24, 2.45) is 11.7 Å². The second-order valence-electron chi connectivity index (χ2n) is 7.84. The predicted molar refractivity (Wildman–Crippen MR) is 106 cm³/mol. The zero-order valence-corrected chi connectivity index (χ0v) is 16.5. The van der Waals surface area contributed by atoms with Gasteiger partial charge in [-0.3, -0.25) is 4.79 Å². The van der Waals surface area contributed by atoms with E-state index in [1.54, 1.807) is 7.11 Å². The average molecular weight is 373 g/mol. The van der Waals surface area contributed by atoms with E-state index in [0.717, 1.165) is 49.8 Å². The third kappa shape index (κ3) is 5.04. The van der Waals surface area contributed by atoms with Gasteiger partial charge in [-0.1, -0.05) is 12.1 Å². The van der Waals surface area contributed by atoms with E-state index in [-0.39, 0.29) is 17.9 Å². The van der Waals surface area contributed by atoms with Gasteiger partial charge in [0.2, 0.25) is 5.91 Å². The maximum atomic E-state index is 12.6. The summed E-state index contributed by atoms with van der Waals surface area (Å²) in [4.78, 5) is 14.5. The van der Waals surface area contributed by atoms with Crippen molar-refractivity contribution in [3.8, 4) is 5.75 Å². The third-order valence-electron chi connectivity index (χ3n) is 6.07. The molecule has 0 bridgehead atoms. The molecule has 1 aromatic carbocycles. The molecule has 5 heteroatoms. The van der Waals surface area contributed by atoms with Gasteiger partial charge in [0, 0.05) is 13.1 Å². The summed E-state index contributed by atoms with van der Waals surface area (Å²) in [6.45, 7) is 0.536. The average Bonchev–Trinajstić information content (AvgIpc) is 2.66. The summed E-state index contributed by atoms with van der Waals surface area (Å²) in [5.41, 5.74) is 8.70. The second kappa shape index (κ2) is 9.27. The van der Waals surface area contributed by atoms with Gasteiger partial charge in [-0.2, -0.15) is 0 Å². The Labute approximate surface area is 162 Å². The molecule has 1 aromatic rings. The molecule has 0 saturated heterocycles. The molecule has 0 aromatic heterocycles. The molecule has 2 saturated carbocycles. The first kappa shape index (κ1) is 19.7. The number of carbonyl (C=O) groups is 1. The van der Waals surface area contributed by atoms with E-state index in [0.29, 0.717) is 12.6 Å². The van der Waals surface area contributed by atoms with Crippen LogP contribution < -0.4 is 10.5 Å². The van der Waals surface area contributed by atoms with E-state index in [9.17, 15) is 4.79 Å². The fraction of sp³-hybridized carbons (Fsp3) is 0.591. The fourth-order valence-corrected chi connectivity index (χ4v) is 3.90. The molecule has 27 heavy (non-hydrogen) atoms. The minimum absolute atomic E-state index is 0.117. The van der Waals surface area contributed by atoms with E-state index in [4.69, 9.17) is 15.2 Å². The molecule has 0 unspecified atom stereocenters. The molecule has 2 aliphatic carbocycles.